The van der Waals surface area contributed by atoms with Gasteiger partial charge in [0, 0.05) is 23.3 Å². The minimum atomic E-state index is -4.94. The van der Waals surface area contributed by atoms with Gasteiger partial charge in [0.25, 0.3) is 0 Å². The molecule has 5 nitrogen and oxygen atoms in total. The van der Waals surface area contributed by atoms with E-state index in [1.165, 1.54) is 56.0 Å². The van der Waals surface area contributed by atoms with E-state index < -0.39 is 10.2 Å². The summed E-state index contributed by atoms with van der Waals surface area (Å²) in [5, 5.41) is 0. The molecule has 206 valence electrons. The van der Waals surface area contributed by atoms with Gasteiger partial charge in [-0.15, -0.1) is 10.2 Å². The molecule has 4 aromatic rings. The fourth-order valence-electron chi connectivity index (χ4n) is 4.07. The zero-order valence-electron chi connectivity index (χ0n) is 22.7. The molecule has 7 heteroatoms. The van der Waals surface area contributed by atoms with Crippen LogP contribution in [0.25, 0.3) is 32.0 Å². The second kappa shape index (κ2) is 15.1. The molecule has 0 saturated heterocycles. The molecule has 0 bridgehead atoms. The second-order valence-electron chi connectivity index (χ2n) is 9.14. The largest absolute Gasteiger partial charge is 0.494 e. The van der Waals surface area contributed by atoms with Gasteiger partial charge < -0.3 is 4.74 Å². The van der Waals surface area contributed by atoms with Crippen LogP contribution in [0.2, 0.25) is 0 Å². The molecular formula is C32H35ClO5S. The first-order chi connectivity index (χ1) is 18.7. The summed E-state index contributed by atoms with van der Waals surface area (Å²) in [6, 6.07) is 31.2. The van der Waals surface area contributed by atoms with Crippen molar-refractivity contribution >= 4 is 11.3 Å². The lowest BCUT2D eigenvalue weighted by atomic mass is 10.0. The Morgan fingerprint density at radius 3 is 1.59 bits per heavy atom. The number of halogens is 1. The molecule has 0 radical (unpaired) electrons. The summed E-state index contributed by atoms with van der Waals surface area (Å²) in [7, 11) is -4.94. The maximum absolute atomic E-state index is 8.49. The molecule has 0 atom stereocenters. The number of unbranched alkanes of at least 4 members (excludes halogenated alkanes) is 2. The smallest absolute Gasteiger partial charge is 0.239 e. The molecule has 0 aliphatic rings. The van der Waals surface area contributed by atoms with Crippen LogP contribution in [0.4, 0.5) is 0 Å². The summed E-state index contributed by atoms with van der Waals surface area (Å²) in [6.07, 6.45) is 5.63. The van der Waals surface area contributed by atoms with E-state index >= 15 is 0 Å². The van der Waals surface area contributed by atoms with Crippen molar-refractivity contribution < 1.29 is 33.6 Å². The molecule has 0 unspecified atom stereocenters. The first-order valence-corrected chi connectivity index (χ1v) is 15.3. The first kappa shape index (κ1) is 30.7. The Labute approximate surface area is 237 Å². The van der Waals surface area contributed by atoms with Crippen molar-refractivity contribution in [1.29, 1.82) is 0 Å². The predicted molar refractivity (Wildman–Crippen MR) is 149 cm³/mol. The van der Waals surface area contributed by atoms with Crippen LogP contribution in [0.5, 0.6) is 5.75 Å². The highest BCUT2D eigenvalue weighted by Crippen LogP contribution is 2.38. The minimum absolute atomic E-state index is 0.776. The number of hydrogen-bond acceptors (Lipinski definition) is 5. The summed E-state index contributed by atoms with van der Waals surface area (Å²) in [6.45, 7) is 7.40. The van der Waals surface area contributed by atoms with Gasteiger partial charge in [-0.05, 0) is 77.9 Å². The lowest BCUT2D eigenvalue weighted by molar-refractivity contribution is -2.00. The molecule has 0 N–H and O–H groups in total. The molecule has 0 spiro atoms. The number of hydrogen-bond donors (Lipinski definition) is 0. The van der Waals surface area contributed by atoms with E-state index in [1.54, 1.807) is 0 Å². The highest BCUT2D eigenvalue weighted by Gasteiger charge is 2.19. The Hall–Kier alpha value is -2.84. The topological polar surface area (TPSA) is 101 Å². The molecule has 1 heterocycles. The average molecular weight is 567 g/mol. The summed E-state index contributed by atoms with van der Waals surface area (Å²) in [4.78, 5) is 2.56. The third-order valence-electron chi connectivity index (χ3n) is 6.27. The van der Waals surface area contributed by atoms with Gasteiger partial charge in [0.1, 0.15) is 5.75 Å². The zero-order valence-corrected chi connectivity index (χ0v) is 24.2. The van der Waals surface area contributed by atoms with Crippen LogP contribution >= 0.6 is 11.3 Å². The van der Waals surface area contributed by atoms with Crippen molar-refractivity contribution in [3.63, 3.8) is 0 Å². The minimum Gasteiger partial charge on any atom is -0.494 e. The number of rotatable bonds is 10. The molecule has 3 aromatic carbocycles. The standard InChI is InChI=1S/C32H35OS.ClHO4/c1-4-7-8-20-33-30-11-9-10-28(21-30)29-22-31(26-16-12-24(5-2)13-17-26)34-32(23-29)27-18-14-25(6-3)15-19-27;2-1(3,4)5/h9-19,21-23H,4-8,20H2,1-3H3;(H,2,3,4,5)/q+1;/p-1. The summed E-state index contributed by atoms with van der Waals surface area (Å²) in [5.74, 6) is 0.948. The van der Waals surface area contributed by atoms with Gasteiger partial charge in [0.2, 0.25) is 21.1 Å². The molecule has 39 heavy (non-hydrogen) atoms. The van der Waals surface area contributed by atoms with Crippen LogP contribution in [-0.2, 0) is 12.8 Å². The average Bonchev–Trinajstić information content (AvgIpc) is 2.94. The maximum Gasteiger partial charge on any atom is 0.239 e. The van der Waals surface area contributed by atoms with Gasteiger partial charge >= 0.3 is 0 Å². The van der Waals surface area contributed by atoms with Gasteiger partial charge in [-0.1, -0.05) is 70.0 Å². The Balaban J connectivity index is 0.000000771. The Morgan fingerprint density at radius 2 is 1.13 bits per heavy atom. The highest BCUT2D eigenvalue weighted by molar-refractivity contribution is 7.18. The quantitative estimate of drug-likeness (QED) is 0.199. The van der Waals surface area contributed by atoms with E-state index in [0.29, 0.717) is 0 Å². The maximum atomic E-state index is 8.49. The zero-order chi connectivity index (χ0) is 28.3. The molecule has 0 fully saturated rings. The van der Waals surface area contributed by atoms with E-state index in [-0.39, 0.29) is 0 Å². The van der Waals surface area contributed by atoms with Crippen molar-refractivity contribution in [1.82, 2.24) is 0 Å². The van der Waals surface area contributed by atoms with Crippen LogP contribution in [0, 0.1) is 10.2 Å². The van der Waals surface area contributed by atoms with Crippen LogP contribution in [0.3, 0.4) is 0 Å². The van der Waals surface area contributed by atoms with Crippen LogP contribution in [0.15, 0.2) is 84.9 Å². The van der Waals surface area contributed by atoms with Gasteiger partial charge in [-0.2, -0.15) is 0 Å². The van der Waals surface area contributed by atoms with E-state index in [2.05, 4.69) is 106 Å². The molecule has 0 aliphatic heterocycles. The van der Waals surface area contributed by atoms with Crippen molar-refractivity contribution in [2.24, 2.45) is 0 Å². The van der Waals surface area contributed by atoms with Crippen molar-refractivity contribution in [3.8, 4) is 37.8 Å². The molecular weight excluding hydrogens is 532 g/mol. The second-order valence-corrected chi connectivity index (χ2v) is 11.0. The molecule has 0 amide bonds. The molecule has 4 rings (SSSR count). The lowest BCUT2D eigenvalue weighted by Crippen LogP contribution is -2.68. The summed E-state index contributed by atoms with van der Waals surface area (Å²) < 4.78 is 40.0. The Kier molecular flexibility index (Phi) is 11.9. The predicted octanol–water partition coefficient (Wildman–Crippen LogP) is 4.97. The molecule has 0 aliphatic carbocycles. The van der Waals surface area contributed by atoms with Gasteiger partial charge in [0.05, 0.1) is 6.61 Å². The van der Waals surface area contributed by atoms with Gasteiger partial charge in [-0.25, -0.2) is 18.6 Å². The fourth-order valence-corrected chi connectivity index (χ4v) is 5.19. The lowest BCUT2D eigenvalue weighted by Gasteiger charge is -2.17. The Bertz CT molecular complexity index is 1230. The van der Waals surface area contributed by atoms with E-state index in [1.807, 2.05) is 11.3 Å². The normalized spacial score (nSPS) is 11.1. The SMILES string of the molecule is CCCCCOc1cccc(-c2cc(-c3ccc(CC)cc3)[s+]c(-c3ccc(CC)cc3)c2)c1.[O-][Cl+3]([O-])([O-])[O-]. The summed E-state index contributed by atoms with van der Waals surface area (Å²) >= 11 is 1.86. The number of ether oxygens (including phenoxy) is 1. The van der Waals surface area contributed by atoms with E-state index in [0.717, 1.165) is 31.6 Å². The first-order valence-electron chi connectivity index (χ1n) is 13.2. The van der Waals surface area contributed by atoms with Crippen LogP contribution < -0.4 is 23.4 Å². The number of benzene rings is 3. The summed E-state index contributed by atoms with van der Waals surface area (Å²) in [5.41, 5.74) is 7.69. The van der Waals surface area contributed by atoms with E-state index in [4.69, 9.17) is 23.4 Å². The Morgan fingerprint density at radius 1 is 0.615 bits per heavy atom. The fraction of sp³-hybridized carbons (Fsp3) is 0.281. The van der Waals surface area contributed by atoms with E-state index in [9.17, 15) is 0 Å². The highest BCUT2D eigenvalue weighted by atomic mass is 35.7. The van der Waals surface area contributed by atoms with Crippen molar-refractivity contribution in [3.05, 3.63) is 96.1 Å². The van der Waals surface area contributed by atoms with Gasteiger partial charge in [0.15, 0.2) is 0 Å². The third-order valence-corrected chi connectivity index (χ3v) is 7.42. The number of aryl methyl sites for hydroxylation is 2. The van der Waals surface area contributed by atoms with Crippen LogP contribution in [-0.4, -0.2) is 6.61 Å². The van der Waals surface area contributed by atoms with Crippen LogP contribution in [0.1, 0.15) is 51.2 Å². The molecule has 1 aromatic heterocycles. The van der Waals surface area contributed by atoms with Crippen molar-refractivity contribution in [2.75, 3.05) is 6.61 Å². The van der Waals surface area contributed by atoms with Gasteiger partial charge in [-0.3, -0.25) is 0 Å². The van der Waals surface area contributed by atoms with Crippen molar-refractivity contribution in [2.45, 2.75) is 52.9 Å². The molecule has 0 saturated carbocycles. The third kappa shape index (κ3) is 10.3. The monoisotopic (exact) mass is 566 g/mol.